The third kappa shape index (κ3) is 4.44. The van der Waals surface area contributed by atoms with Gasteiger partial charge in [-0.05, 0) is 36.4 Å². The monoisotopic (exact) mass is 442 g/mol. The van der Waals surface area contributed by atoms with Gasteiger partial charge in [-0.3, -0.25) is 9.59 Å². The third-order valence-corrected chi connectivity index (χ3v) is 4.67. The van der Waals surface area contributed by atoms with Crippen LogP contribution >= 0.6 is 15.9 Å². The van der Waals surface area contributed by atoms with Crippen molar-refractivity contribution in [3.8, 4) is 11.3 Å². The summed E-state index contributed by atoms with van der Waals surface area (Å²) in [6, 6.07) is 14.4. The van der Waals surface area contributed by atoms with Crippen LogP contribution in [0.25, 0.3) is 22.3 Å². The van der Waals surface area contributed by atoms with Crippen molar-refractivity contribution in [2.75, 3.05) is 22.5 Å². The smallest absolute Gasteiger partial charge is 0.229 e. The molecule has 0 saturated heterocycles. The molecule has 0 bridgehead atoms. The van der Waals surface area contributed by atoms with E-state index >= 15 is 0 Å². The van der Waals surface area contributed by atoms with E-state index in [9.17, 15) is 9.59 Å². The first-order valence-corrected chi connectivity index (χ1v) is 10.2. The molecule has 2 aromatic carbocycles. The molecule has 28 heavy (non-hydrogen) atoms. The molecule has 0 saturated carbocycles. The number of halogens is 1. The Hall–Kier alpha value is -2.60. The Morgan fingerprint density at radius 3 is 2.46 bits per heavy atom. The summed E-state index contributed by atoms with van der Waals surface area (Å²) in [5.41, 5.74) is 1.96. The molecule has 3 rings (SSSR count). The SMILES string of the molecule is CC(C)(C)C(=O)Nc1cccc2oc(-c3ccc(NCCBr)cc3)cc(=O)c12. The fourth-order valence-electron chi connectivity index (χ4n) is 2.71. The maximum Gasteiger partial charge on any atom is 0.229 e. The van der Waals surface area contributed by atoms with Crippen LogP contribution in [0, 0.1) is 5.41 Å². The lowest BCUT2D eigenvalue weighted by atomic mass is 9.95. The predicted molar refractivity (Wildman–Crippen MR) is 118 cm³/mol. The van der Waals surface area contributed by atoms with Crippen LogP contribution in [-0.4, -0.2) is 17.8 Å². The Balaban J connectivity index is 1.98. The number of anilines is 2. The van der Waals surface area contributed by atoms with E-state index in [-0.39, 0.29) is 11.3 Å². The lowest BCUT2D eigenvalue weighted by Gasteiger charge is -2.18. The summed E-state index contributed by atoms with van der Waals surface area (Å²) in [6.45, 7) is 6.30. The Labute approximate surface area is 172 Å². The number of hydrogen-bond acceptors (Lipinski definition) is 4. The third-order valence-electron chi connectivity index (χ3n) is 4.28. The number of fused-ring (bicyclic) bond motifs is 1. The molecule has 0 unspecified atom stereocenters. The summed E-state index contributed by atoms with van der Waals surface area (Å²) < 4.78 is 5.98. The molecule has 1 heterocycles. The molecule has 146 valence electrons. The van der Waals surface area contributed by atoms with E-state index < -0.39 is 5.41 Å². The molecule has 0 aliphatic carbocycles. The van der Waals surface area contributed by atoms with Crippen LogP contribution in [0.5, 0.6) is 0 Å². The van der Waals surface area contributed by atoms with E-state index in [0.717, 1.165) is 23.1 Å². The Kier molecular flexibility index (Phi) is 5.89. The van der Waals surface area contributed by atoms with E-state index in [4.69, 9.17) is 4.42 Å². The molecule has 2 N–H and O–H groups in total. The number of alkyl halides is 1. The number of carbonyl (C=O) groups is 1. The Bertz CT molecular complexity index is 1050. The fraction of sp³-hybridized carbons (Fsp3) is 0.273. The van der Waals surface area contributed by atoms with Gasteiger partial charge in [0.05, 0.1) is 11.1 Å². The molecular formula is C22H23BrN2O3. The summed E-state index contributed by atoms with van der Waals surface area (Å²) in [7, 11) is 0. The minimum atomic E-state index is -0.563. The van der Waals surface area contributed by atoms with Crippen molar-refractivity contribution in [1.29, 1.82) is 0 Å². The highest BCUT2D eigenvalue weighted by atomic mass is 79.9. The average molecular weight is 443 g/mol. The lowest BCUT2D eigenvalue weighted by Crippen LogP contribution is -2.28. The topological polar surface area (TPSA) is 71.3 Å². The van der Waals surface area contributed by atoms with Crippen molar-refractivity contribution in [2.45, 2.75) is 20.8 Å². The second-order valence-electron chi connectivity index (χ2n) is 7.55. The minimum absolute atomic E-state index is 0.157. The van der Waals surface area contributed by atoms with Crippen molar-refractivity contribution < 1.29 is 9.21 Å². The molecule has 0 fully saturated rings. The van der Waals surface area contributed by atoms with Crippen LogP contribution in [0.3, 0.4) is 0 Å². The Morgan fingerprint density at radius 1 is 1.11 bits per heavy atom. The van der Waals surface area contributed by atoms with Crippen LogP contribution < -0.4 is 16.1 Å². The highest BCUT2D eigenvalue weighted by molar-refractivity contribution is 9.09. The zero-order chi connectivity index (χ0) is 20.3. The second-order valence-corrected chi connectivity index (χ2v) is 8.34. The van der Waals surface area contributed by atoms with Crippen molar-refractivity contribution >= 4 is 44.2 Å². The van der Waals surface area contributed by atoms with E-state index in [1.807, 2.05) is 45.0 Å². The van der Waals surface area contributed by atoms with Crippen LogP contribution in [0.2, 0.25) is 0 Å². The summed E-state index contributed by atoms with van der Waals surface area (Å²) in [6.07, 6.45) is 0. The van der Waals surface area contributed by atoms with Gasteiger partial charge in [0.15, 0.2) is 5.43 Å². The van der Waals surface area contributed by atoms with E-state index in [1.54, 1.807) is 18.2 Å². The minimum Gasteiger partial charge on any atom is -0.456 e. The van der Waals surface area contributed by atoms with Crippen molar-refractivity contribution in [1.82, 2.24) is 0 Å². The molecule has 0 aliphatic heterocycles. The molecule has 3 aromatic rings. The van der Waals surface area contributed by atoms with E-state index in [2.05, 4.69) is 26.6 Å². The summed E-state index contributed by atoms with van der Waals surface area (Å²) in [5.74, 6) is 0.332. The van der Waals surface area contributed by atoms with Gasteiger partial charge < -0.3 is 15.1 Å². The second kappa shape index (κ2) is 8.19. The van der Waals surface area contributed by atoms with Gasteiger partial charge in [0.1, 0.15) is 11.3 Å². The zero-order valence-electron chi connectivity index (χ0n) is 16.1. The maximum atomic E-state index is 12.8. The van der Waals surface area contributed by atoms with Crippen LogP contribution in [0.15, 0.2) is 57.7 Å². The molecular weight excluding hydrogens is 420 g/mol. The lowest BCUT2D eigenvalue weighted by molar-refractivity contribution is -0.123. The summed E-state index contributed by atoms with van der Waals surface area (Å²) in [4.78, 5) is 25.1. The van der Waals surface area contributed by atoms with Crippen molar-refractivity contribution in [3.05, 3.63) is 58.8 Å². The predicted octanol–water partition coefficient (Wildman–Crippen LogP) is 5.25. The zero-order valence-corrected chi connectivity index (χ0v) is 17.7. The van der Waals surface area contributed by atoms with E-state index in [0.29, 0.717) is 22.4 Å². The molecule has 0 aliphatic rings. The number of hydrogen-bond donors (Lipinski definition) is 2. The van der Waals surface area contributed by atoms with Gasteiger partial charge in [-0.25, -0.2) is 0 Å². The van der Waals surface area contributed by atoms with Crippen LogP contribution in [0.4, 0.5) is 11.4 Å². The Morgan fingerprint density at radius 2 is 1.82 bits per heavy atom. The highest BCUT2D eigenvalue weighted by Crippen LogP contribution is 2.28. The first-order chi connectivity index (χ1) is 13.3. The highest BCUT2D eigenvalue weighted by Gasteiger charge is 2.22. The van der Waals surface area contributed by atoms with Gasteiger partial charge in [-0.1, -0.05) is 42.8 Å². The van der Waals surface area contributed by atoms with Gasteiger partial charge in [0, 0.05) is 34.6 Å². The van der Waals surface area contributed by atoms with Crippen molar-refractivity contribution in [3.63, 3.8) is 0 Å². The van der Waals surface area contributed by atoms with Gasteiger partial charge in [0.2, 0.25) is 5.91 Å². The number of nitrogens with one attached hydrogen (secondary N) is 2. The molecule has 0 spiro atoms. The number of amides is 1. The standard InChI is InChI=1S/C22H23BrN2O3/c1-22(2,3)21(27)25-16-5-4-6-18-20(16)17(26)13-19(28-18)14-7-9-15(10-8-14)24-12-11-23/h4-10,13,24H,11-12H2,1-3H3,(H,25,27). The maximum absolute atomic E-state index is 12.8. The fourth-order valence-corrected chi connectivity index (χ4v) is 2.91. The molecule has 0 radical (unpaired) electrons. The van der Waals surface area contributed by atoms with Crippen LogP contribution in [-0.2, 0) is 4.79 Å². The number of benzene rings is 2. The summed E-state index contributed by atoms with van der Waals surface area (Å²) >= 11 is 3.38. The van der Waals surface area contributed by atoms with Gasteiger partial charge in [-0.2, -0.15) is 0 Å². The molecule has 0 atom stereocenters. The quantitative estimate of drug-likeness (QED) is 0.529. The van der Waals surface area contributed by atoms with Gasteiger partial charge >= 0.3 is 0 Å². The molecule has 6 heteroatoms. The molecule has 5 nitrogen and oxygen atoms in total. The normalized spacial score (nSPS) is 11.4. The first-order valence-electron chi connectivity index (χ1n) is 9.08. The average Bonchev–Trinajstić information content (AvgIpc) is 2.66. The summed E-state index contributed by atoms with van der Waals surface area (Å²) in [5, 5.41) is 7.35. The molecule has 1 amide bonds. The van der Waals surface area contributed by atoms with Crippen molar-refractivity contribution in [2.24, 2.45) is 5.41 Å². The number of carbonyl (C=O) groups excluding carboxylic acids is 1. The first kappa shape index (κ1) is 20.1. The van der Waals surface area contributed by atoms with Gasteiger partial charge in [-0.15, -0.1) is 0 Å². The number of rotatable bonds is 5. The van der Waals surface area contributed by atoms with E-state index in [1.165, 1.54) is 6.07 Å². The molecule has 1 aromatic heterocycles. The largest absolute Gasteiger partial charge is 0.456 e. The van der Waals surface area contributed by atoms with Crippen LogP contribution in [0.1, 0.15) is 20.8 Å². The van der Waals surface area contributed by atoms with Gasteiger partial charge in [0.25, 0.3) is 0 Å².